The largest absolute Gasteiger partial charge is 0.597 e. The minimum Gasteiger partial charge on any atom is -0.597 e. The van der Waals surface area contributed by atoms with E-state index in [0.29, 0.717) is 26.3 Å². The summed E-state index contributed by atoms with van der Waals surface area (Å²) in [5.74, 6) is -0.0917. The summed E-state index contributed by atoms with van der Waals surface area (Å²) in [5, 5.41) is 6.64. The van der Waals surface area contributed by atoms with Gasteiger partial charge in [0, 0.05) is 11.5 Å². The van der Waals surface area contributed by atoms with Crippen LogP contribution in [0.1, 0.15) is 40.3 Å². The molecule has 1 aromatic heterocycles. The Morgan fingerprint density at radius 1 is 1.30 bits per heavy atom. The number of morpholine rings is 1. The van der Waals surface area contributed by atoms with Gasteiger partial charge in [0.15, 0.2) is 0 Å². The van der Waals surface area contributed by atoms with Crippen molar-refractivity contribution in [1.29, 1.82) is 0 Å². The summed E-state index contributed by atoms with van der Waals surface area (Å²) in [5.41, 5.74) is 0.582. The molecule has 0 spiro atoms. The summed E-state index contributed by atoms with van der Waals surface area (Å²) in [7, 11) is 0. The third kappa shape index (κ3) is 4.26. The maximum Gasteiger partial charge on any atom is 0.284 e. The molecule has 1 unspecified atom stereocenters. The van der Waals surface area contributed by atoms with E-state index in [9.17, 15) is 9.35 Å². The Morgan fingerprint density at radius 2 is 1.91 bits per heavy atom. The summed E-state index contributed by atoms with van der Waals surface area (Å²) >= 11 is -1.45. The number of nitrogens with one attached hydrogen (secondary N) is 1. The van der Waals surface area contributed by atoms with E-state index in [4.69, 9.17) is 9.26 Å². The Hall–Kier alpha value is -1.09. The monoisotopic (exact) mass is 343 g/mol. The molecular formula is C15H25N3O4S. The zero-order valence-electron chi connectivity index (χ0n) is 14.3. The van der Waals surface area contributed by atoms with Gasteiger partial charge < -0.3 is 13.8 Å². The Kier molecular flexibility index (Phi) is 5.40. The molecule has 1 fully saturated rings. The highest BCUT2D eigenvalue weighted by Gasteiger charge is 2.45. The van der Waals surface area contributed by atoms with Crippen LogP contribution in [-0.4, -0.2) is 51.0 Å². The average molecular weight is 343 g/mol. The van der Waals surface area contributed by atoms with Crippen LogP contribution in [0.15, 0.2) is 10.6 Å². The molecule has 1 aliphatic rings. The lowest BCUT2D eigenvalue weighted by Gasteiger charge is -2.35. The minimum absolute atomic E-state index is 0.168. The highest BCUT2D eigenvalue weighted by Crippen LogP contribution is 2.27. The number of hydrogen-bond acceptors (Lipinski definition) is 6. The van der Waals surface area contributed by atoms with Crippen LogP contribution in [0.3, 0.4) is 0 Å². The summed E-state index contributed by atoms with van der Waals surface area (Å²) in [6.07, 6.45) is 0. The van der Waals surface area contributed by atoms with Crippen LogP contribution in [-0.2, 0) is 26.3 Å². The normalized spacial score (nSPS) is 18.7. The fourth-order valence-electron chi connectivity index (χ4n) is 2.06. The van der Waals surface area contributed by atoms with Crippen molar-refractivity contribution in [3.63, 3.8) is 0 Å². The molecule has 0 bridgehead atoms. The number of ether oxygens (including phenoxy) is 1. The molecular weight excluding hydrogens is 318 g/mol. The Labute approximate surface area is 140 Å². The summed E-state index contributed by atoms with van der Waals surface area (Å²) in [6.45, 7) is 11.5. The third-order valence-corrected chi connectivity index (χ3v) is 5.60. The van der Waals surface area contributed by atoms with Gasteiger partial charge >= 0.3 is 0 Å². The molecule has 1 saturated heterocycles. The molecule has 0 radical (unpaired) electrons. The molecule has 1 aliphatic heterocycles. The molecule has 8 heteroatoms. The fraction of sp³-hybridized carbons (Fsp3) is 0.733. The quantitative estimate of drug-likeness (QED) is 0.837. The van der Waals surface area contributed by atoms with E-state index >= 15 is 0 Å². The van der Waals surface area contributed by atoms with Gasteiger partial charge in [0.05, 0.1) is 43.4 Å². The molecule has 1 aromatic rings. The number of carbonyl (C=O) groups excluding carboxylic acids is 1. The standard InChI is InChI=1S/C15H25N3O4S/c1-14(2,3)11-10-12(22-17-11)16-13(19)15(4,5)23(20)18-6-8-21-9-7-18/h10H,6-9H2,1-5H3,(H,16,19). The molecule has 1 N–H and O–H groups in total. The number of amides is 1. The second-order valence-electron chi connectivity index (χ2n) is 7.08. The van der Waals surface area contributed by atoms with Crippen LogP contribution in [0.25, 0.3) is 0 Å². The van der Waals surface area contributed by atoms with E-state index in [-0.39, 0.29) is 17.2 Å². The van der Waals surface area contributed by atoms with Crippen LogP contribution in [0, 0.1) is 0 Å². The first-order valence-corrected chi connectivity index (χ1v) is 8.76. The van der Waals surface area contributed by atoms with Crippen molar-refractivity contribution in [3.8, 4) is 0 Å². The number of aromatic nitrogens is 1. The van der Waals surface area contributed by atoms with Crippen LogP contribution < -0.4 is 5.32 Å². The molecule has 23 heavy (non-hydrogen) atoms. The lowest BCUT2D eigenvalue weighted by molar-refractivity contribution is -0.118. The van der Waals surface area contributed by atoms with Crippen molar-refractivity contribution in [2.75, 3.05) is 31.6 Å². The van der Waals surface area contributed by atoms with Gasteiger partial charge in [0.25, 0.3) is 5.91 Å². The minimum atomic E-state index is -1.45. The predicted molar refractivity (Wildman–Crippen MR) is 88.4 cm³/mol. The second kappa shape index (κ2) is 6.80. The zero-order valence-corrected chi connectivity index (χ0v) is 15.2. The van der Waals surface area contributed by atoms with Gasteiger partial charge in [-0.05, 0) is 13.8 Å². The highest BCUT2D eigenvalue weighted by molar-refractivity contribution is 7.91. The first kappa shape index (κ1) is 18.3. The number of hydrogen-bond donors (Lipinski definition) is 1. The van der Waals surface area contributed by atoms with E-state index in [2.05, 4.69) is 10.5 Å². The van der Waals surface area contributed by atoms with E-state index < -0.39 is 16.1 Å². The van der Waals surface area contributed by atoms with Crippen molar-refractivity contribution in [1.82, 2.24) is 9.46 Å². The fourth-order valence-corrected chi connectivity index (χ4v) is 3.40. The zero-order chi connectivity index (χ0) is 17.3. The van der Waals surface area contributed by atoms with Crippen molar-refractivity contribution < 1.29 is 18.6 Å². The van der Waals surface area contributed by atoms with E-state index in [1.807, 2.05) is 20.8 Å². The van der Waals surface area contributed by atoms with Crippen LogP contribution in [0.4, 0.5) is 5.88 Å². The number of carbonyl (C=O) groups is 1. The molecule has 2 rings (SSSR count). The van der Waals surface area contributed by atoms with E-state index in [1.54, 1.807) is 24.2 Å². The molecule has 7 nitrogen and oxygen atoms in total. The van der Waals surface area contributed by atoms with Gasteiger partial charge in [-0.2, -0.15) is 0 Å². The van der Waals surface area contributed by atoms with Crippen molar-refractivity contribution in [3.05, 3.63) is 11.8 Å². The van der Waals surface area contributed by atoms with Gasteiger partial charge in [-0.1, -0.05) is 25.9 Å². The molecule has 1 atom stereocenters. The maximum atomic E-state index is 12.7. The molecule has 0 aromatic carbocycles. The SMILES string of the molecule is CC(C)(C)c1cc(NC(=O)C(C)(C)[S+]([O-])N2CCOCC2)on1. The molecule has 2 heterocycles. The number of rotatable bonds is 4. The predicted octanol–water partition coefficient (Wildman–Crippen LogP) is 1.69. The summed E-state index contributed by atoms with van der Waals surface area (Å²) in [4.78, 5) is 12.5. The topological polar surface area (TPSA) is 90.7 Å². The van der Waals surface area contributed by atoms with Crippen LogP contribution in [0.5, 0.6) is 0 Å². The molecule has 0 saturated carbocycles. The average Bonchev–Trinajstić information content (AvgIpc) is 2.96. The first-order valence-electron chi connectivity index (χ1n) is 7.65. The number of nitrogens with zero attached hydrogens (tertiary/aromatic N) is 2. The Morgan fingerprint density at radius 3 is 2.43 bits per heavy atom. The number of anilines is 1. The van der Waals surface area contributed by atoms with Gasteiger partial charge in [0.1, 0.15) is 0 Å². The third-order valence-electron chi connectivity index (χ3n) is 3.70. The van der Waals surface area contributed by atoms with Gasteiger partial charge in [-0.25, -0.2) is 0 Å². The van der Waals surface area contributed by atoms with Gasteiger partial charge in [-0.3, -0.25) is 10.1 Å². The maximum absolute atomic E-state index is 12.7. The highest BCUT2D eigenvalue weighted by atomic mass is 32.2. The van der Waals surface area contributed by atoms with Crippen LogP contribution >= 0.6 is 0 Å². The second-order valence-corrected chi connectivity index (χ2v) is 9.12. The Bertz CT molecular complexity index is 547. The van der Waals surface area contributed by atoms with E-state index in [0.717, 1.165) is 5.69 Å². The first-order chi connectivity index (χ1) is 10.6. The summed E-state index contributed by atoms with van der Waals surface area (Å²) in [6, 6.07) is 1.70. The van der Waals surface area contributed by atoms with Crippen molar-refractivity contribution in [2.45, 2.75) is 44.8 Å². The van der Waals surface area contributed by atoms with Gasteiger partial charge in [0.2, 0.25) is 10.6 Å². The smallest absolute Gasteiger partial charge is 0.284 e. The molecule has 130 valence electrons. The lowest BCUT2D eigenvalue weighted by Crippen LogP contribution is -2.54. The van der Waals surface area contributed by atoms with E-state index in [1.165, 1.54) is 0 Å². The van der Waals surface area contributed by atoms with Gasteiger partial charge in [-0.15, -0.1) is 4.31 Å². The van der Waals surface area contributed by atoms with Crippen molar-refractivity contribution in [2.24, 2.45) is 0 Å². The lowest BCUT2D eigenvalue weighted by atomic mass is 9.92. The Balaban J connectivity index is 2.04. The molecule has 1 amide bonds. The molecule has 0 aliphatic carbocycles. The van der Waals surface area contributed by atoms with Crippen LogP contribution in [0.2, 0.25) is 0 Å². The van der Waals surface area contributed by atoms with Crippen molar-refractivity contribution >= 4 is 23.2 Å². The summed E-state index contributed by atoms with van der Waals surface area (Å²) < 4.78 is 23.8.